The third kappa shape index (κ3) is 3.21. The van der Waals surface area contributed by atoms with Crippen molar-refractivity contribution in [1.82, 2.24) is 0 Å². The van der Waals surface area contributed by atoms with Gasteiger partial charge in [0.25, 0.3) is 0 Å². The van der Waals surface area contributed by atoms with E-state index in [-0.39, 0.29) is 17.4 Å². The second-order valence-electron chi connectivity index (χ2n) is 6.31. The Hall–Kier alpha value is -1.55. The van der Waals surface area contributed by atoms with Gasteiger partial charge in [0.1, 0.15) is 11.4 Å². The summed E-state index contributed by atoms with van der Waals surface area (Å²) in [4.78, 5) is 14.7. The van der Waals surface area contributed by atoms with E-state index in [0.29, 0.717) is 13.1 Å². The summed E-state index contributed by atoms with van der Waals surface area (Å²) in [6, 6.07) is 5.87. The maximum absolute atomic E-state index is 12.8. The highest BCUT2D eigenvalue weighted by molar-refractivity contribution is 5.97. The number of ether oxygens (including phenoxy) is 1. The quantitative estimate of drug-likeness (QED) is 0.927. The Kier molecular flexibility index (Phi) is 4.57. The minimum atomic E-state index is -0.387. The summed E-state index contributed by atoms with van der Waals surface area (Å²) in [5.74, 6) is 1.02. The molecule has 116 valence electrons. The molecular formula is C17H26N2O2. The van der Waals surface area contributed by atoms with Crippen LogP contribution in [-0.2, 0) is 11.3 Å². The zero-order chi connectivity index (χ0) is 15.6. The highest BCUT2D eigenvalue weighted by atomic mass is 16.5. The summed E-state index contributed by atoms with van der Waals surface area (Å²) < 4.78 is 6.04. The Morgan fingerprint density at radius 1 is 1.38 bits per heavy atom. The van der Waals surface area contributed by atoms with Crippen molar-refractivity contribution in [3.63, 3.8) is 0 Å². The van der Waals surface area contributed by atoms with Crippen LogP contribution in [0.5, 0.6) is 5.75 Å². The highest BCUT2D eigenvalue weighted by Gasteiger charge is 2.36. The molecule has 0 bridgehead atoms. The number of rotatable bonds is 4. The summed E-state index contributed by atoms with van der Waals surface area (Å²) >= 11 is 0. The van der Waals surface area contributed by atoms with Crippen molar-refractivity contribution in [3.05, 3.63) is 23.8 Å². The second kappa shape index (κ2) is 6.06. The van der Waals surface area contributed by atoms with Crippen molar-refractivity contribution in [1.29, 1.82) is 0 Å². The molecule has 2 N–H and O–H groups in total. The van der Waals surface area contributed by atoms with E-state index in [1.807, 2.05) is 36.9 Å². The summed E-state index contributed by atoms with van der Waals surface area (Å²) in [6.07, 6.45) is 1.73. The fourth-order valence-corrected chi connectivity index (χ4v) is 2.84. The van der Waals surface area contributed by atoms with Crippen molar-refractivity contribution in [2.24, 2.45) is 11.7 Å². The Balaban J connectivity index is 2.41. The number of nitrogens with two attached hydrogens (primary N) is 1. The van der Waals surface area contributed by atoms with Crippen molar-refractivity contribution in [2.45, 2.75) is 52.7 Å². The summed E-state index contributed by atoms with van der Waals surface area (Å²) in [5.41, 5.74) is 7.19. The lowest BCUT2D eigenvalue weighted by atomic mass is 9.98. The minimum absolute atomic E-state index is 0.0703. The lowest BCUT2D eigenvalue weighted by Crippen LogP contribution is -2.51. The molecule has 1 amide bonds. The maximum atomic E-state index is 12.8. The molecule has 0 saturated carbocycles. The Morgan fingerprint density at radius 2 is 2.05 bits per heavy atom. The van der Waals surface area contributed by atoms with Gasteiger partial charge < -0.3 is 15.4 Å². The first-order valence-electron chi connectivity index (χ1n) is 7.75. The molecule has 1 aromatic rings. The van der Waals surface area contributed by atoms with Crippen LogP contribution < -0.4 is 15.4 Å². The molecule has 1 aliphatic rings. The number of nitrogens with zero attached hydrogens (tertiary/aromatic N) is 1. The van der Waals surface area contributed by atoms with E-state index in [0.717, 1.165) is 29.8 Å². The number of benzene rings is 1. The molecule has 0 fully saturated rings. The van der Waals surface area contributed by atoms with Gasteiger partial charge >= 0.3 is 0 Å². The Labute approximate surface area is 127 Å². The zero-order valence-corrected chi connectivity index (χ0v) is 13.5. The summed E-state index contributed by atoms with van der Waals surface area (Å²) in [5, 5.41) is 0. The zero-order valence-electron chi connectivity index (χ0n) is 13.5. The molecule has 0 aliphatic carbocycles. The van der Waals surface area contributed by atoms with E-state index >= 15 is 0 Å². The number of anilines is 1. The molecule has 0 aromatic heterocycles. The largest absolute Gasteiger partial charge is 0.484 e. The minimum Gasteiger partial charge on any atom is -0.484 e. The first kappa shape index (κ1) is 15.8. The van der Waals surface area contributed by atoms with Crippen LogP contribution in [-0.4, -0.2) is 18.1 Å². The average molecular weight is 290 g/mol. The average Bonchev–Trinajstić information content (AvgIpc) is 2.45. The van der Waals surface area contributed by atoms with Crippen LogP contribution in [0.4, 0.5) is 5.69 Å². The van der Waals surface area contributed by atoms with Crippen LogP contribution in [0.2, 0.25) is 0 Å². The number of amides is 1. The number of fused-ring (bicyclic) bond motifs is 1. The van der Waals surface area contributed by atoms with Crippen molar-refractivity contribution < 1.29 is 9.53 Å². The number of hydrogen-bond donors (Lipinski definition) is 1. The van der Waals surface area contributed by atoms with Crippen LogP contribution in [0.3, 0.4) is 0 Å². The van der Waals surface area contributed by atoms with Gasteiger partial charge in [-0.15, -0.1) is 0 Å². The molecule has 0 radical (unpaired) electrons. The molecule has 1 aliphatic heterocycles. The summed E-state index contributed by atoms with van der Waals surface area (Å²) in [7, 11) is 0. The lowest BCUT2D eigenvalue weighted by Gasteiger charge is -2.41. The van der Waals surface area contributed by atoms with Crippen LogP contribution in [0, 0.1) is 5.92 Å². The molecule has 2 rings (SSSR count). The topological polar surface area (TPSA) is 55.6 Å². The van der Waals surface area contributed by atoms with E-state index in [4.69, 9.17) is 10.5 Å². The lowest BCUT2D eigenvalue weighted by molar-refractivity contribution is -0.123. The van der Waals surface area contributed by atoms with Crippen LogP contribution in [0.1, 0.15) is 46.1 Å². The maximum Gasteiger partial charge on any atom is 0.230 e. The van der Waals surface area contributed by atoms with Crippen molar-refractivity contribution in [3.8, 4) is 5.75 Å². The van der Waals surface area contributed by atoms with Gasteiger partial charge in [-0.25, -0.2) is 0 Å². The van der Waals surface area contributed by atoms with Crippen molar-refractivity contribution >= 4 is 11.6 Å². The van der Waals surface area contributed by atoms with E-state index in [1.165, 1.54) is 0 Å². The molecule has 0 spiro atoms. The predicted octanol–water partition coefficient (Wildman–Crippen LogP) is 3.09. The van der Waals surface area contributed by atoms with Gasteiger partial charge in [-0.05, 0) is 44.4 Å². The molecule has 21 heavy (non-hydrogen) atoms. The molecule has 0 saturated heterocycles. The van der Waals surface area contributed by atoms with E-state index < -0.39 is 0 Å². The van der Waals surface area contributed by atoms with Crippen molar-refractivity contribution in [2.75, 3.05) is 11.4 Å². The van der Waals surface area contributed by atoms with Crippen LogP contribution >= 0.6 is 0 Å². The van der Waals surface area contributed by atoms with Gasteiger partial charge in [0.2, 0.25) is 5.91 Å². The molecule has 4 heteroatoms. The second-order valence-corrected chi connectivity index (χ2v) is 6.31. The molecule has 1 heterocycles. The molecule has 0 atom stereocenters. The fourth-order valence-electron chi connectivity index (χ4n) is 2.84. The van der Waals surface area contributed by atoms with E-state index in [1.54, 1.807) is 0 Å². The summed E-state index contributed by atoms with van der Waals surface area (Å²) in [6.45, 7) is 9.21. The molecular weight excluding hydrogens is 264 g/mol. The van der Waals surface area contributed by atoms with Gasteiger partial charge in [0.15, 0.2) is 0 Å². The number of hydrogen-bond acceptors (Lipinski definition) is 3. The van der Waals surface area contributed by atoms with Gasteiger partial charge in [0, 0.05) is 12.5 Å². The van der Waals surface area contributed by atoms with E-state index in [9.17, 15) is 4.79 Å². The number of carbonyl (C=O) groups is 1. The van der Waals surface area contributed by atoms with Gasteiger partial charge in [0.05, 0.1) is 12.2 Å². The Morgan fingerprint density at radius 3 is 2.62 bits per heavy atom. The van der Waals surface area contributed by atoms with Crippen LogP contribution in [0.25, 0.3) is 0 Å². The third-order valence-electron chi connectivity index (χ3n) is 4.08. The first-order valence-corrected chi connectivity index (χ1v) is 7.75. The molecule has 4 nitrogen and oxygen atoms in total. The Bertz CT molecular complexity index is 522. The smallest absolute Gasteiger partial charge is 0.230 e. The third-order valence-corrected chi connectivity index (χ3v) is 4.08. The first-order chi connectivity index (χ1) is 9.91. The van der Waals surface area contributed by atoms with Gasteiger partial charge in [-0.3, -0.25) is 4.79 Å². The number of carbonyl (C=O) groups excluding carboxylic acids is 1. The monoisotopic (exact) mass is 290 g/mol. The molecule has 1 aromatic carbocycles. The predicted molar refractivity (Wildman–Crippen MR) is 85.5 cm³/mol. The SMILES string of the molecule is CCC(CC)C(=O)N1CC(C)(C)Oc2cc(CN)ccc21. The van der Waals surface area contributed by atoms with Gasteiger partial charge in [-0.2, -0.15) is 0 Å². The molecule has 0 unspecified atom stereocenters. The normalized spacial score (nSPS) is 16.6. The standard InChI is InChI=1S/C17H26N2O2/c1-5-13(6-2)16(20)19-11-17(3,4)21-15-9-12(10-18)7-8-14(15)19/h7-9,13H,5-6,10-11,18H2,1-4H3. The van der Waals surface area contributed by atoms with Crippen LogP contribution in [0.15, 0.2) is 18.2 Å². The fraction of sp³-hybridized carbons (Fsp3) is 0.588. The highest BCUT2D eigenvalue weighted by Crippen LogP contribution is 2.38. The van der Waals surface area contributed by atoms with E-state index in [2.05, 4.69) is 13.8 Å². The van der Waals surface area contributed by atoms with Gasteiger partial charge in [-0.1, -0.05) is 19.9 Å².